The minimum Gasteiger partial charge on any atom is -0.307 e. The van der Waals surface area contributed by atoms with Crippen molar-refractivity contribution in [2.45, 2.75) is 25.3 Å². The highest BCUT2D eigenvalue weighted by molar-refractivity contribution is 6.03. The zero-order valence-electron chi connectivity index (χ0n) is 12.7. The fourth-order valence-corrected chi connectivity index (χ4v) is 2.86. The summed E-state index contributed by atoms with van der Waals surface area (Å²) in [7, 11) is 2.15. The lowest BCUT2D eigenvalue weighted by molar-refractivity contribution is 0.102. The van der Waals surface area contributed by atoms with Gasteiger partial charge in [-0.05, 0) is 50.2 Å². The summed E-state index contributed by atoms with van der Waals surface area (Å²) in [4.78, 5) is 22.7. The van der Waals surface area contributed by atoms with Crippen LogP contribution in [0.4, 0.5) is 5.82 Å². The Morgan fingerprint density at radius 2 is 2.18 bits per heavy atom. The minimum absolute atomic E-state index is 0.192. The maximum atomic E-state index is 12.1. The molecule has 2 aromatic rings. The van der Waals surface area contributed by atoms with Crippen molar-refractivity contribution in [2.75, 3.05) is 18.9 Å². The number of hydrogen-bond acceptors (Lipinski definition) is 4. The van der Waals surface area contributed by atoms with Gasteiger partial charge in [0.2, 0.25) is 0 Å². The molecular weight excluding hydrogens is 276 g/mol. The summed E-state index contributed by atoms with van der Waals surface area (Å²) in [6.45, 7) is 1.13. The average Bonchev–Trinajstić information content (AvgIpc) is 2.57. The van der Waals surface area contributed by atoms with Crippen molar-refractivity contribution in [3.05, 3.63) is 54.0 Å². The monoisotopic (exact) mass is 296 g/mol. The van der Waals surface area contributed by atoms with Crippen LogP contribution in [0.3, 0.4) is 0 Å². The molecule has 22 heavy (non-hydrogen) atoms. The largest absolute Gasteiger partial charge is 0.307 e. The molecule has 0 bridgehead atoms. The molecule has 1 N–H and O–H groups in total. The number of pyridine rings is 2. The smallest absolute Gasteiger partial charge is 0.258 e. The molecule has 1 aliphatic rings. The molecule has 3 heterocycles. The first-order valence-electron chi connectivity index (χ1n) is 7.61. The van der Waals surface area contributed by atoms with E-state index in [4.69, 9.17) is 0 Å². The van der Waals surface area contributed by atoms with Gasteiger partial charge in [0.15, 0.2) is 0 Å². The van der Waals surface area contributed by atoms with Gasteiger partial charge in [-0.15, -0.1) is 0 Å². The van der Waals surface area contributed by atoms with E-state index in [0.717, 1.165) is 6.54 Å². The number of anilines is 1. The Labute approximate surface area is 130 Å². The average molecular weight is 296 g/mol. The molecule has 3 rings (SSSR count). The van der Waals surface area contributed by atoms with Crippen molar-refractivity contribution in [1.82, 2.24) is 14.9 Å². The van der Waals surface area contributed by atoms with Crippen molar-refractivity contribution in [3.63, 3.8) is 0 Å². The van der Waals surface area contributed by atoms with Gasteiger partial charge < -0.3 is 5.32 Å². The molecular formula is C17H20N4O. The number of carbonyl (C=O) groups excluding carboxylic acids is 1. The highest BCUT2D eigenvalue weighted by Crippen LogP contribution is 2.29. The molecule has 1 saturated heterocycles. The van der Waals surface area contributed by atoms with E-state index in [1.807, 2.05) is 12.3 Å². The Morgan fingerprint density at radius 3 is 2.86 bits per heavy atom. The maximum absolute atomic E-state index is 12.1. The molecule has 5 heteroatoms. The first-order chi connectivity index (χ1) is 10.7. The number of piperidine rings is 1. The molecule has 1 unspecified atom stereocenters. The van der Waals surface area contributed by atoms with Crippen LogP contribution in [0.5, 0.6) is 0 Å². The minimum atomic E-state index is -0.192. The van der Waals surface area contributed by atoms with Gasteiger partial charge in [-0.1, -0.05) is 12.5 Å². The highest BCUT2D eigenvalue weighted by atomic mass is 16.1. The van der Waals surface area contributed by atoms with E-state index in [-0.39, 0.29) is 5.91 Å². The van der Waals surface area contributed by atoms with Crippen LogP contribution < -0.4 is 5.32 Å². The van der Waals surface area contributed by atoms with Gasteiger partial charge in [0, 0.05) is 24.6 Å². The summed E-state index contributed by atoms with van der Waals surface area (Å²) in [5.74, 6) is 0.374. The predicted octanol–water partition coefficient (Wildman–Crippen LogP) is 2.89. The normalized spacial score (nSPS) is 18.9. The van der Waals surface area contributed by atoms with E-state index in [1.165, 1.54) is 24.8 Å². The topological polar surface area (TPSA) is 58.1 Å². The Hall–Kier alpha value is -2.27. The van der Waals surface area contributed by atoms with Crippen LogP contribution in [0.15, 0.2) is 42.9 Å². The fourth-order valence-electron chi connectivity index (χ4n) is 2.86. The number of nitrogens with zero attached hydrogens (tertiary/aromatic N) is 3. The zero-order valence-corrected chi connectivity index (χ0v) is 12.7. The molecule has 2 aromatic heterocycles. The Morgan fingerprint density at radius 1 is 1.27 bits per heavy atom. The van der Waals surface area contributed by atoms with E-state index in [1.54, 1.807) is 24.5 Å². The number of rotatable bonds is 3. The molecule has 0 spiro atoms. The Kier molecular flexibility index (Phi) is 4.44. The standard InChI is InChI=1S/C17H20N4O/c1-21-10-3-2-6-15(21)13-7-8-16(19-12-13)20-17(22)14-5-4-9-18-11-14/h4-5,7-9,11-12,15H,2-3,6,10H2,1H3,(H,19,20,22). The van der Waals surface area contributed by atoms with E-state index in [9.17, 15) is 4.79 Å². The van der Waals surface area contributed by atoms with Crippen LogP contribution in [0, 0.1) is 0 Å². The lowest BCUT2D eigenvalue weighted by Gasteiger charge is -2.32. The summed E-state index contributed by atoms with van der Waals surface area (Å²) in [6, 6.07) is 7.83. The number of nitrogens with one attached hydrogen (secondary N) is 1. The van der Waals surface area contributed by atoms with Gasteiger partial charge in [0.1, 0.15) is 5.82 Å². The van der Waals surface area contributed by atoms with E-state index >= 15 is 0 Å². The fraction of sp³-hybridized carbons (Fsp3) is 0.353. The van der Waals surface area contributed by atoms with Crippen molar-refractivity contribution in [2.24, 2.45) is 0 Å². The number of carbonyl (C=O) groups is 1. The quantitative estimate of drug-likeness (QED) is 0.946. The van der Waals surface area contributed by atoms with Gasteiger partial charge in [-0.25, -0.2) is 4.98 Å². The summed E-state index contributed by atoms with van der Waals surface area (Å²) in [5, 5.41) is 2.80. The maximum Gasteiger partial charge on any atom is 0.258 e. The SMILES string of the molecule is CN1CCCCC1c1ccc(NC(=O)c2cccnc2)nc1. The molecule has 5 nitrogen and oxygen atoms in total. The molecule has 1 atom stereocenters. The van der Waals surface area contributed by atoms with E-state index in [2.05, 4.69) is 33.3 Å². The van der Waals surface area contributed by atoms with Crippen molar-refractivity contribution in [3.8, 4) is 0 Å². The van der Waals surface area contributed by atoms with Crippen LogP contribution in [0.2, 0.25) is 0 Å². The lowest BCUT2D eigenvalue weighted by Crippen LogP contribution is -2.29. The van der Waals surface area contributed by atoms with Gasteiger partial charge in [0.05, 0.1) is 5.56 Å². The third-order valence-corrected chi connectivity index (χ3v) is 4.11. The number of aromatic nitrogens is 2. The van der Waals surface area contributed by atoms with E-state index in [0.29, 0.717) is 17.4 Å². The second-order valence-electron chi connectivity index (χ2n) is 5.66. The summed E-state index contributed by atoms with van der Waals surface area (Å²) >= 11 is 0. The number of amides is 1. The van der Waals surface area contributed by atoms with Crippen LogP contribution in [-0.4, -0.2) is 34.4 Å². The Balaban J connectivity index is 1.68. The molecule has 1 aliphatic heterocycles. The van der Waals surface area contributed by atoms with Gasteiger partial charge in [0.25, 0.3) is 5.91 Å². The third-order valence-electron chi connectivity index (χ3n) is 4.11. The first kappa shape index (κ1) is 14.7. The van der Waals surface area contributed by atoms with Gasteiger partial charge in [-0.3, -0.25) is 14.7 Å². The lowest BCUT2D eigenvalue weighted by atomic mass is 9.97. The van der Waals surface area contributed by atoms with Crippen molar-refractivity contribution in [1.29, 1.82) is 0 Å². The summed E-state index contributed by atoms with van der Waals surface area (Å²) in [5.41, 5.74) is 1.74. The highest BCUT2D eigenvalue weighted by Gasteiger charge is 2.20. The zero-order chi connectivity index (χ0) is 15.4. The number of likely N-dealkylation sites (tertiary alicyclic amines) is 1. The number of hydrogen-bond donors (Lipinski definition) is 1. The second kappa shape index (κ2) is 6.66. The molecule has 0 aromatic carbocycles. The van der Waals surface area contributed by atoms with Gasteiger partial charge >= 0.3 is 0 Å². The third kappa shape index (κ3) is 3.31. The summed E-state index contributed by atoms with van der Waals surface area (Å²) in [6.07, 6.45) is 8.74. The molecule has 1 fully saturated rings. The first-order valence-corrected chi connectivity index (χ1v) is 7.61. The Bertz CT molecular complexity index is 627. The van der Waals surface area contributed by atoms with Crippen LogP contribution in [-0.2, 0) is 0 Å². The van der Waals surface area contributed by atoms with Crippen molar-refractivity contribution >= 4 is 11.7 Å². The molecule has 0 aliphatic carbocycles. The summed E-state index contributed by atoms with van der Waals surface area (Å²) < 4.78 is 0. The van der Waals surface area contributed by atoms with E-state index < -0.39 is 0 Å². The molecule has 114 valence electrons. The predicted molar refractivity (Wildman–Crippen MR) is 85.6 cm³/mol. The molecule has 0 saturated carbocycles. The van der Waals surface area contributed by atoms with Crippen LogP contribution in [0.25, 0.3) is 0 Å². The molecule has 1 amide bonds. The van der Waals surface area contributed by atoms with Crippen LogP contribution in [0.1, 0.15) is 41.2 Å². The van der Waals surface area contributed by atoms with Crippen LogP contribution >= 0.6 is 0 Å². The van der Waals surface area contributed by atoms with Crippen molar-refractivity contribution < 1.29 is 4.79 Å². The molecule has 0 radical (unpaired) electrons. The van der Waals surface area contributed by atoms with Gasteiger partial charge in [-0.2, -0.15) is 0 Å². The second-order valence-corrected chi connectivity index (χ2v) is 5.66.